The Balaban J connectivity index is 1.72. The zero-order valence-electron chi connectivity index (χ0n) is 19.2. The van der Waals surface area contributed by atoms with Crippen LogP contribution in [0.2, 0.25) is 0 Å². The first-order chi connectivity index (χ1) is 16.7. The number of imidazole rings is 1. The van der Waals surface area contributed by atoms with E-state index in [9.17, 15) is 22.8 Å². The summed E-state index contributed by atoms with van der Waals surface area (Å²) in [5.41, 5.74) is 2.01. The second-order valence-electron chi connectivity index (χ2n) is 8.63. The van der Waals surface area contributed by atoms with E-state index < -0.39 is 29.5 Å². The Kier molecular flexibility index (Phi) is 5.50. The van der Waals surface area contributed by atoms with E-state index in [4.69, 9.17) is 0 Å². The van der Waals surface area contributed by atoms with E-state index in [-0.39, 0.29) is 17.9 Å². The molecule has 9 heteroatoms. The average Bonchev–Trinajstić information content (AvgIpc) is 3.16. The summed E-state index contributed by atoms with van der Waals surface area (Å²) in [6.07, 6.45) is -1.80. The van der Waals surface area contributed by atoms with Crippen molar-refractivity contribution in [1.29, 1.82) is 0 Å². The molecule has 3 aromatic rings. The van der Waals surface area contributed by atoms with Gasteiger partial charge in [-0.05, 0) is 68.7 Å². The van der Waals surface area contributed by atoms with E-state index in [2.05, 4.69) is 9.97 Å². The maximum Gasteiger partial charge on any atom is 0.416 e. The lowest BCUT2D eigenvalue weighted by atomic mass is 9.87. The van der Waals surface area contributed by atoms with Crippen LogP contribution in [0.25, 0.3) is 6.08 Å². The van der Waals surface area contributed by atoms with Crippen LogP contribution in [-0.4, -0.2) is 28.3 Å². The molecule has 0 spiro atoms. The van der Waals surface area contributed by atoms with Gasteiger partial charge in [-0.2, -0.15) is 13.2 Å². The van der Waals surface area contributed by atoms with E-state index in [0.717, 1.165) is 23.7 Å². The summed E-state index contributed by atoms with van der Waals surface area (Å²) >= 11 is 0. The molecule has 2 aliphatic rings. The van der Waals surface area contributed by atoms with Crippen molar-refractivity contribution >= 4 is 35.0 Å². The van der Waals surface area contributed by atoms with Crippen LogP contribution in [-0.2, 0) is 22.2 Å². The molecule has 0 saturated carbocycles. The zero-order valence-corrected chi connectivity index (χ0v) is 19.2. The minimum absolute atomic E-state index is 0.0291. The fourth-order valence-corrected chi connectivity index (χ4v) is 4.84. The molecule has 1 atom stereocenters. The second-order valence-corrected chi connectivity index (χ2v) is 8.63. The van der Waals surface area contributed by atoms with Gasteiger partial charge in [0.25, 0.3) is 0 Å². The highest BCUT2D eigenvalue weighted by Crippen LogP contribution is 2.44. The number of nitrogens with zero attached hydrogens (tertiary/aromatic N) is 3. The Labute approximate surface area is 200 Å². The summed E-state index contributed by atoms with van der Waals surface area (Å²) in [6, 6.07) is 11.6. The number of aromatic nitrogens is 2. The number of rotatable bonds is 3. The summed E-state index contributed by atoms with van der Waals surface area (Å²) in [5.74, 6) is -1.49. The van der Waals surface area contributed by atoms with E-state index in [1.807, 2.05) is 6.92 Å². The SMILES string of the molecule is CCN1C(=O)C(C2=Cc3nc(C)[nH]c3CC2)C(=O)N(c2ccccc2)c2cc(C(F)(F)F)ccc21. The largest absolute Gasteiger partial charge is 0.416 e. The van der Waals surface area contributed by atoms with Crippen LogP contribution in [0.4, 0.5) is 30.2 Å². The third-order valence-electron chi connectivity index (χ3n) is 6.43. The topological polar surface area (TPSA) is 69.3 Å². The van der Waals surface area contributed by atoms with Crippen LogP contribution in [0.3, 0.4) is 0 Å². The standard InChI is InChI=1S/C26H23F3N4O2/c1-3-32-21-12-10-17(26(27,28)29)14-22(21)33(18-7-5-4-6-8-18)25(35)23(24(32)34)16-9-11-19-20(13-16)31-15(2)30-19/h4-8,10,12-14,23H,3,9,11H2,1-2H3,(H,30,31). The normalized spacial score (nSPS) is 18.2. The first-order valence-electron chi connectivity index (χ1n) is 11.4. The fraction of sp³-hybridized carbons (Fsp3) is 0.269. The van der Waals surface area contributed by atoms with Gasteiger partial charge in [-0.1, -0.05) is 18.2 Å². The van der Waals surface area contributed by atoms with E-state index in [0.29, 0.717) is 29.8 Å². The maximum absolute atomic E-state index is 14.1. The third kappa shape index (κ3) is 3.90. The van der Waals surface area contributed by atoms with Gasteiger partial charge in [0.15, 0.2) is 0 Å². The Morgan fingerprint density at radius 3 is 2.46 bits per heavy atom. The van der Waals surface area contributed by atoms with E-state index in [1.54, 1.807) is 43.3 Å². The number of hydrogen-bond acceptors (Lipinski definition) is 3. The summed E-state index contributed by atoms with van der Waals surface area (Å²) in [4.78, 5) is 38.2. The lowest BCUT2D eigenvalue weighted by Gasteiger charge is -2.27. The number of carbonyl (C=O) groups excluding carboxylic acids is 2. The number of H-pyrrole nitrogens is 1. The number of fused-ring (bicyclic) bond motifs is 2. The van der Waals surface area contributed by atoms with Gasteiger partial charge in [0.2, 0.25) is 11.8 Å². The first kappa shape index (κ1) is 22.9. The number of aromatic amines is 1. The predicted molar refractivity (Wildman–Crippen MR) is 126 cm³/mol. The number of anilines is 3. The van der Waals surface area contributed by atoms with Crippen molar-refractivity contribution in [2.24, 2.45) is 5.92 Å². The van der Waals surface area contributed by atoms with Crippen LogP contribution in [0.5, 0.6) is 0 Å². The van der Waals surface area contributed by atoms with Crippen molar-refractivity contribution in [3.8, 4) is 0 Å². The Bertz CT molecular complexity index is 1340. The number of carbonyl (C=O) groups is 2. The highest BCUT2D eigenvalue weighted by atomic mass is 19.4. The van der Waals surface area contributed by atoms with Gasteiger partial charge < -0.3 is 9.88 Å². The molecule has 180 valence electrons. The maximum atomic E-state index is 14.1. The van der Waals surface area contributed by atoms with Crippen LogP contribution >= 0.6 is 0 Å². The van der Waals surface area contributed by atoms with Gasteiger partial charge >= 0.3 is 6.18 Å². The van der Waals surface area contributed by atoms with Gasteiger partial charge in [-0.15, -0.1) is 0 Å². The minimum Gasteiger partial charge on any atom is -0.346 e. The molecule has 0 fully saturated rings. The number of alkyl halides is 3. The summed E-state index contributed by atoms with van der Waals surface area (Å²) in [7, 11) is 0. The lowest BCUT2D eigenvalue weighted by Crippen LogP contribution is -2.42. The zero-order chi connectivity index (χ0) is 24.9. The molecular formula is C26H23F3N4O2. The van der Waals surface area contributed by atoms with Crippen molar-refractivity contribution in [3.05, 3.63) is 76.9 Å². The Hall–Kier alpha value is -3.88. The average molecular weight is 480 g/mol. The fourth-order valence-electron chi connectivity index (χ4n) is 4.84. The van der Waals surface area contributed by atoms with Crippen molar-refractivity contribution in [1.82, 2.24) is 9.97 Å². The number of amides is 2. The summed E-state index contributed by atoms with van der Waals surface area (Å²) in [5, 5.41) is 0. The highest BCUT2D eigenvalue weighted by Gasteiger charge is 2.44. The summed E-state index contributed by atoms with van der Waals surface area (Å²) < 4.78 is 40.9. The molecular weight excluding hydrogens is 457 g/mol. The van der Waals surface area contributed by atoms with Crippen molar-refractivity contribution in [3.63, 3.8) is 0 Å². The Morgan fingerprint density at radius 2 is 1.77 bits per heavy atom. The molecule has 35 heavy (non-hydrogen) atoms. The van der Waals surface area contributed by atoms with Crippen molar-refractivity contribution < 1.29 is 22.8 Å². The third-order valence-corrected chi connectivity index (χ3v) is 6.43. The van der Waals surface area contributed by atoms with Gasteiger partial charge in [0.05, 0.1) is 22.6 Å². The van der Waals surface area contributed by atoms with Crippen molar-refractivity contribution in [2.45, 2.75) is 32.9 Å². The number of nitrogens with one attached hydrogen (secondary N) is 1. The van der Waals surface area contributed by atoms with E-state index in [1.165, 1.54) is 15.9 Å². The molecule has 0 bridgehead atoms. The van der Waals surface area contributed by atoms with Gasteiger partial charge in [-0.3, -0.25) is 14.5 Å². The monoisotopic (exact) mass is 480 g/mol. The number of hydrogen-bond donors (Lipinski definition) is 1. The smallest absolute Gasteiger partial charge is 0.346 e. The number of halogens is 3. The molecule has 0 radical (unpaired) electrons. The molecule has 1 N–H and O–H groups in total. The molecule has 0 saturated heterocycles. The van der Waals surface area contributed by atoms with Crippen LogP contribution < -0.4 is 9.80 Å². The number of para-hydroxylation sites is 1. The molecule has 1 aliphatic carbocycles. The molecule has 1 unspecified atom stereocenters. The number of benzene rings is 2. The van der Waals surface area contributed by atoms with E-state index >= 15 is 0 Å². The molecule has 1 aliphatic heterocycles. The van der Waals surface area contributed by atoms with Gasteiger partial charge in [0, 0.05) is 17.9 Å². The molecule has 2 amide bonds. The van der Waals surface area contributed by atoms with Crippen LogP contribution in [0, 0.1) is 12.8 Å². The molecule has 1 aromatic heterocycles. The minimum atomic E-state index is -4.60. The lowest BCUT2D eigenvalue weighted by molar-refractivity contribution is -0.137. The summed E-state index contributed by atoms with van der Waals surface area (Å²) in [6.45, 7) is 3.77. The van der Waals surface area contributed by atoms with Crippen molar-refractivity contribution in [2.75, 3.05) is 16.3 Å². The quantitative estimate of drug-likeness (QED) is 0.510. The molecule has 2 heterocycles. The first-order valence-corrected chi connectivity index (χ1v) is 11.4. The van der Waals surface area contributed by atoms with Gasteiger partial charge in [-0.25, -0.2) is 4.98 Å². The molecule has 2 aromatic carbocycles. The molecule has 5 rings (SSSR count). The van der Waals surface area contributed by atoms with Crippen LogP contribution in [0.15, 0.2) is 54.1 Å². The number of aryl methyl sites for hydroxylation is 2. The molecule has 6 nitrogen and oxygen atoms in total. The predicted octanol–water partition coefficient (Wildman–Crippen LogP) is 5.41. The Morgan fingerprint density at radius 1 is 1.03 bits per heavy atom. The highest BCUT2D eigenvalue weighted by molar-refractivity contribution is 6.22. The van der Waals surface area contributed by atoms with Gasteiger partial charge in [0.1, 0.15) is 11.7 Å². The van der Waals surface area contributed by atoms with Crippen LogP contribution in [0.1, 0.15) is 36.1 Å². The second kappa shape index (κ2) is 8.41.